The molecular weight excluding hydrogens is 188 g/mol. The molecule has 1 fully saturated rings. The minimum Gasteiger partial charge on any atom is -0.336 e. The zero-order valence-electron chi connectivity index (χ0n) is 8.92. The molecule has 80 valence electrons. The lowest BCUT2D eigenvalue weighted by Crippen LogP contribution is -2.44. The van der Waals surface area contributed by atoms with Crippen LogP contribution in [0.2, 0.25) is 0 Å². The van der Waals surface area contributed by atoms with E-state index in [-0.39, 0.29) is 11.6 Å². The molecular formula is C12H16N2O. The molecule has 1 atom stereocenters. The number of urea groups is 1. The van der Waals surface area contributed by atoms with E-state index in [0.717, 1.165) is 19.4 Å². The van der Waals surface area contributed by atoms with Gasteiger partial charge >= 0.3 is 6.03 Å². The molecule has 1 saturated heterocycles. The third-order valence-electron chi connectivity index (χ3n) is 3.03. The molecule has 0 unspecified atom stereocenters. The van der Waals surface area contributed by atoms with Crippen LogP contribution < -0.4 is 10.6 Å². The molecule has 3 nitrogen and oxygen atoms in total. The predicted octanol–water partition coefficient (Wildman–Crippen LogP) is 1.69. The number of amides is 2. The zero-order valence-corrected chi connectivity index (χ0v) is 8.92. The molecule has 0 bridgehead atoms. The number of nitrogens with one attached hydrogen (secondary N) is 2. The van der Waals surface area contributed by atoms with Crippen LogP contribution in [-0.4, -0.2) is 18.1 Å². The lowest BCUT2D eigenvalue weighted by atomic mass is 9.89. The maximum Gasteiger partial charge on any atom is 0.315 e. The fourth-order valence-electron chi connectivity index (χ4n) is 2.01. The van der Waals surface area contributed by atoms with E-state index in [9.17, 15) is 4.79 Å². The van der Waals surface area contributed by atoms with E-state index in [1.54, 1.807) is 0 Å². The van der Waals surface area contributed by atoms with Crippen LogP contribution in [0.3, 0.4) is 0 Å². The first kappa shape index (κ1) is 10.0. The molecule has 1 heterocycles. The third-order valence-corrected chi connectivity index (χ3v) is 3.03. The molecule has 15 heavy (non-hydrogen) atoms. The van der Waals surface area contributed by atoms with E-state index in [1.807, 2.05) is 18.2 Å². The normalized spacial score (nSPS) is 24.7. The Labute approximate surface area is 89.9 Å². The van der Waals surface area contributed by atoms with E-state index in [4.69, 9.17) is 0 Å². The zero-order chi connectivity index (χ0) is 10.7. The number of carbonyl (C=O) groups is 1. The molecule has 1 aromatic rings. The molecule has 0 aliphatic carbocycles. The van der Waals surface area contributed by atoms with Gasteiger partial charge < -0.3 is 10.6 Å². The molecule has 1 aromatic carbocycles. The lowest BCUT2D eigenvalue weighted by molar-refractivity contribution is 0.243. The minimum absolute atomic E-state index is 0.0484. The van der Waals surface area contributed by atoms with Gasteiger partial charge in [0.2, 0.25) is 0 Å². The number of benzene rings is 1. The van der Waals surface area contributed by atoms with Crippen molar-refractivity contribution in [2.45, 2.75) is 25.3 Å². The number of carbonyl (C=O) groups excluding carboxylic acids is 1. The monoisotopic (exact) mass is 204 g/mol. The standard InChI is InChI=1S/C12H16N2O/c1-2-12(9-13-11(15)14-12)8-10-6-4-3-5-7-10/h3-7H,2,8-9H2,1H3,(H2,13,14,15)/t12-/m1/s1. The highest BCUT2D eigenvalue weighted by Gasteiger charge is 2.35. The SMILES string of the molecule is CC[C@@]1(Cc2ccccc2)CNC(=O)N1. The van der Waals surface area contributed by atoms with Crippen molar-refractivity contribution in [3.8, 4) is 0 Å². The summed E-state index contributed by atoms with van der Waals surface area (Å²) >= 11 is 0. The summed E-state index contributed by atoms with van der Waals surface area (Å²) in [6.07, 6.45) is 1.84. The lowest BCUT2D eigenvalue weighted by Gasteiger charge is -2.26. The van der Waals surface area contributed by atoms with Gasteiger partial charge in [0.1, 0.15) is 0 Å². The average Bonchev–Trinajstić information content (AvgIpc) is 2.62. The maximum atomic E-state index is 11.2. The van der Waals surface area contributed by atoms with Crippen LogP contribution in [0.25, 0.3) is 0 Å². The first-order valence-electron chi connectivity index (χ1n) is 5.34. The van der Waals surface area contributed by atoms with Gasteiger partial charge in [-0.05, 0) is 18.4 Å². The molecule has 0 saturated carbocycles. The quantitative estimate of drug-likeness (QED) is 0.773. The van der Waals surface area contributed by atoms with Crippen LogP contribution in [0.15, 0.2) is 30.3 Å². The van der Waals surface area contributed by atoms with Crippen LogP contribution >= 0.6 is 0 Å². The molecule has 2 amide bonds. The van der Waals surface area contributed by atoms with Crippen LogP contribution in [0.4, 0.5) is 4.79 Å². The molecule has 2 rings (SSSR count). The van der Waals surface area contributed by atoms with E-state index in [1.165, 1.54) is 5.56 Å². The fourth-order valence-corrected chi connectivity index (χ4v) is 2.01. The summed E-state index contributed by atoms with van der Waals surface area (Å²) in [5.74, 6) is 0. The molecule has 0 aromatic heterocycles. The topological polar surface area (TPSA) is 41.1 Å². The molecule has 0 radical (unpaired) electrons. The number of rotatable bonds is 3. The van der Waals surface area contributed by atoms with Crippen molar-refractivity contribution in [1.29, 1.82) is 0 Å². The van der Waals surface area contributed by atoms with Gasteiger partial charge in [-0.3, -0.25) is 0 Å². The Balaban J connectivity index is 2.12. The number of hydrogen-bond donors (Lipinski definition) is 2. The third kappa shape index (κ3) is 2.12. The summed E-state index contributed by atoms with van der Waals surface area (Å²) in [6.45, 7) is 2.83. The second-order valence-electron chi connectivity index (χ2n) is 4.10. The van der Waals surface area contributed by atoms with Crippen molar-refractivity contribution in [2.24, 2.45) is 0 Å². The summed E-state index contributed by atoms with van der Waals surface area (Å²) in [5, 5.41) is 5.85. The first-order chi connectivity index (χ1) is 7.24. The van der Waals surface area contributed by atoms with Crippen molar-refractivity contribution in [2.75, 3.05) is 6.54 Å². The Morgan fingerprint density at radius 1 is 1.33 bits per heavy atom. The average molecular weight is 204 g/mol. The Bertz CT molecular complexity index is 350. The molecule has 3 heteroatoms. The van der Waals surface area contributed by atoms with Gasteiger partial charge in [-0.15, -0.1) is 0 Å². The van der Waals surface area contributed by atoms with Crippen molar-refractivity contribution in [3.05, 3.63) is 35.9 Å². The van der Waals surface area contributed by atoms with Crippen LogP contribution in [0.5, 0.6) is 0 Å². The number of hydrogen-bond acceptors (Lipinski definition) is 1. The van der Waals surface area contributed by atoms with Gasteiger partial charge in [0.15, 0.2) is 0 Å². The molecule has 0 spiro atoms. The van der Waals surface area contributed by atoms with E-state index in [2.05, 4.69) is 29.7 Å². The first-order valence-corrected chi connectivity index (χ1v) is 5.34. The summed E-state index contributed by atoms with van der Waals surface area (Å²) < 4.78 is 0. The highest BCUT2D eigenvalue weighted by molar-refractivity contribution is 5.77. The van der Waals surface area contributed by atoms with E-state index >= 15 is 0 Å². The summed E-state index contributed by atoms with van der Waals surface area (Å²) in [7, 11) is 0. The second-order valence-corrected chi connectivity index (χ2v) is 4.10. The summed E-state index contributed by atoms with van der Waals surface area (Å²) in [4.78, 5) is 11.2. The largest absolute Gasteiger partial charge is 0.336 e. The van der Waals surface area contributed by atoms with Crippen LogP contribution in [-0.2, 0) is 6.42 Å². The van der Waals surface area contributed by atoms with Gasteiger partial charge in [0.05, 0.1) is 5.54 Å². The molecule has 1 aliphatic rings. The van der Waals surface area contributed by atoms with Gasteiger partial charge in [-0.1, -0.05) is 37.3 Å². The molecule has 1 aliphatic heterocycles. The van der Waals surface area contributed by atoms with Gasteiger partial charge in [0, 0.05) is 6.54 Å². The molecule has 2 N–H and O–H groups in total. The predicted molar refractivity (Wildman–Crippen MR) is 59.7 cm³/mol. The Hall–Kier alpha value is -1.51. The second kappa shape index (κ2) is 3.93. The minimum atomic E-state index is -0.0988. The van der Waals surface area contributed by atoms with Crippen LogP contribution in [0, 0.1) is 0 Å². The van der Waals surface area contributed by atoms with Gasteiger partial charge in [0.25, 0.3) is 0 Å². The Kier molecular flexibility index (Phi) is 2.62. The van der Waals surface area contributed by atoms with Gasteiger partial charge in [-0.2, -0.15) is 0 Å². The fraction of sp³-hybridized carbons (Fsp3) is 0.417. The van der Waals surface area contributed by atoms with E-state index < -0.39 is 0 Å². The summed E-state index contributed by atoms with van der Waals surface area (Å²) in [6, 6.07) is 10.2. The van der Waals surface area contributed by atoms with Gasteiger partial charge in [-0.25, -0.2) is 4.79 Å². The van der Waals surface area contributed by atoms with Crippen molar-refractivity contribution < 1.29 is 4.79 Å². The Morgan fingerprint density at radius 2 is 2.07 bits per heavy atom. The smallest absolute Gasteiger partial charge is 0.315 e. The van der Waals surface area contributed by atoms with E-state index in [0.29, 0.717) is 0 Å². The summed E-state index contributed by atoms with van der Waals surface area (Å²) in [5.41, 5.74) is 1.17. The van der Waals surface area contributed by atoms with Crippen molar-refractivity contribution in [3.63, 3.8) is 0 Å². The highest BCUT2D eigenvalue weighted by atomic mass is 16.2. The van der Waals surface area contributed by atoms with Crippen molar-refractivity contribution in [1.82, 2.24) is 10.6 Å². The highest BCUT2D eigenvalue weighted by Crippen LogP contribution is 2.19. The van der Waals surface area contributed by atoms with Crippen molar-refractivity contribution >= 4 is 6.03 Å². The Morgan fingerprint density at radius 3 is 2.60 bits per heavy atom. The maximum absolute atomic E-state index is 11.2. The van der Waals surface area contributed by atoms with Crippen LogP contribution in [0.1, 0.15) is 18.9 Å².